The normalized spacial score (nSPS) is 22.8. The summed E-state index contributed by atoms with van der Waals surface area (Å²) in [6, 6.07) is 1.75. The fourth-order valence-corrected chi connectivity index (χ4v) is 5.25. The average Bonchev–Trinajstić information content (AvgIpc) is 3.59. The second-order valence-corrected chi connectivity index (χ2v) is 9.70. The number of carbonyl (C=O) groups is 2. The number of methoxy groups -OCH3 is 2. The van der Waals surface area contributed by atoms with Crippen molar-refractivity contribution < 1.29 is 28.9 Å². The second-order valence-electron chi connectivity index (χ2n) is 8.67. The Balaban J connectivity index is 1.78. The first kappa shape index (κ1) is 25.0. The molecule has 0 spiro atoms. The highest BCUT2D eigenvalue weighted by Gasteiger charge is 2.62. The maximum atomic E-state index is 13.2. The van der Waals surface area contributed by atoms with E-state index >= 15 is 0 Å². The van der Waals surface area contributed by atoms with E-state index in [4.69, 9.17) is 19.3 Å². The summed E-state index contributed by atoms with van der Waals surface area (Å²) in [5, 5.41) is 9.02. The van der Waals surface area contributed by atoms with Crippen molar-refractivity contribution in [2.75, 3.05) is 39.2 Å². The van der Waals surface area contributed by atoms with Crippen molar-refractivity contribution in [2.24, 2.45) is 5.92 Å². The van der Waals surface area contributed by atoms with Crippen LogP contribution in [0.1, 0.15) is 42.5 Å². The van der Waals surface area contributed by atoms with Crippen molar-refractivity contribution in [3.05, 3.63) is 29.1 Å². The van der Waals surface area contributed by atoms with Gasteiger partial charge in [-0.1, -0.05) is 19.3 Å². The number of likely N-dealkylation sites (tertiary alicyclic amines) is 1. The summed E-state index contributed by atoms with van der Waals surface area (Å²) in [4.78, 5) is 30.4. The molecule has 1 aliphatic carbocycles. The quantitative estimate of drug-likeness (QED) is 0.311. The lowest BCUT2D eigenvalue weighted by molar-refractivity contribution is -0.229. The maximum Gasteiger partial charge on any atom is 0.313 e. The van der Waals surface area contributed by atoms with Crippen LogP contribution >= 0.6 is 11.8 Å². The lowest BCUT2D eigenvalue weighted by atomic mass is 9.79. The number of carbonyl (C=O) groups excluding carboxylic acids is 1. The van der Waals surface area contributed by atoms with Crippen LogP contribution in [0, 0.1) is 12.8 Å². The monoisotopic (exact) mass is 466 g/mol. The van der Waals surface area contributed by atoms with E-state index in [1.807, 2.05) is 6.20 Å². The van der Waals surface area contributed by atoms with E-state index in [-0.39, 0.29) is 31.2 Å². The molecule has 1 aromatic heterocycles. The lowest BCUT2D eigenvalue weighted by Gasteiger charge is -2.54. The van der Waals surface area contributed by atoms with E-state index in [0.29, 0.717) is 12.2 Å². The molecular weight excluding hydrogens is 432 g/mol. The molecule has 1 amide bonds. The number of rotatable bonds is 15. The van der Waals surface area contributed by atoms with Crippen molar-refractivity contribution in [2.45, 2.75) is 57.1 Å². The summed E-state index contributed by atoms with van der Waals surface area (Å²) < 4.78 is 16.3. The van der Waals surface area contributed by atoms with Gasteiger partial charge >= 0.3 is 5.97 Å². The Hall–Kier alpha value is -1.68. The van der Waals surface area contributed by atoms with Crippen LogP contribution in [0.5, 0.6) is 0 Å². The van der Waals surface area contributed by atoms with Crippen molar-refractivity contribution >= 4 is 23.6 Å². The fraction of sp³-hybridized carbons (Fsp3) is 0.696. The number of thioether (sulfide) groups is 1. The number of amides is 1. The molecule has 0 aromatic carbocycles. The van der Waals surface area contributed by atoms with Crippen LogP contribution in [0.2, 0.25) is 0 Å². The molecule has 32 heavy (non-hydrogen) atoms. The van der Waals surface area contributed by atoms with E-state index in [0.717, 1.165) is 30.0 Å². The molecule has 9 heteroatoms. The van der Waals surface area contributed by atoms with Gasteiger partial charge in [0.05, 0.1) is 11.8 Å². The lowest BCUT2D eigenvalue weighted by Crippen LogP contribution is -2.77. The largest absolute Gasteiger partial charge is 0.481 e. The first-order valence-corrected chi connectivity index (χ1v) is 12.2. The standard InChI is InChI=1S/C23H34N2O6S/c1-16-11-24-19(9-18(16)6-4-5-17-7-8-17)10-23(31-15-30-3)20(12-32-13-21(26)27)25(14-29-2)22(23)28/h9,11,17,20H,4-8,10,12-15H2,1-3H3,(H,26,27)/t20-,23+/m0/s1. The molecule has 178 valence electrons. The molecule has 3 rings (SSSR count). The summed E-state index contributed by atoms with van der Waals surface area (Å²) in [6.45, 7) is 2.16. The van der Waals surface area contributed by atoms with Crippen molar-refractivity contribution in [1.82, 2.24) is 9.88 Å². The Bertz CT molecular complexity index is 803. The minimum atomic E-state index is -1.15. The molecule has 0 radical (unpaired) electrons. The molecule has 1 saturated heterocycles. The van der Waals surface area contributed by atoms with Crippen molar-refractivity contribution in [3.8, 4) is 0 Å². The maximum absolute atomic E-state index is 13.2. The summed E-state index contributed by atoms with van der Waals surface area (Å²) in [6.07, 6.45) is 8.34. The Morgan fingerprint density at radius 2 is 2.12 bits per heavy atom. The van der Waals surface area contributed by atoms with Crippen LogP contribution in [-0.2, 0) is 36.6 Å². The Labute approximate surface area is 194 Å². The average molecular weight is 467 g/mol. The highest BCUT2D eigenvalue weighted by molar-refractivity contribution is 7.99. The Kier molecular flexibility index (Phi) is 8.93. The minimum absolute atomic E-state index is 0.0350. The third kappa shape index (κ3) is 6.01. The Morgan fingerprint density at radius 3 is 2.78 bits per heavy atom. The van der Waals surface area contributed by atoms with Gasteiger partial charge in [-0.2, -0.15) is 0 Å². The van der Waals surface area contributed by atoms with Gasteiger partial charge in [0.25, 0.3) is 5.91 Å². The van der Waals surface area contributed by atoms with Crippen LogP contribution in [0.25, 0.3) is 0 Å². The highest BCUT2D eigenvalue weighted by atomic mass is 32.2. The molecule has 8 nitrogen and oxygen atoms in total. The number of hydrogen-bond donors (Lipinski definition) is 1. The molecule has 2 heterocycles. The van der Waals surface area contributed by atoms with Crippen molar-refractivity contribution in [1.29, 1.82) is 0 Å². The number of aryl methyl sites for hydroxylation is 2. The SMILES string of the molecule is COCO[C@@]1(Cc2cc(CCCC3CC3)c(C)cn2)C(=O)N(COC)[C@H]1CSCC(=O)O. The van der Waals surface area contributed by atoms with Gasteiger partial charge in [-0.25, -0.2) is 0 Å². The third-order valence-electron chi connectivity index (χ3n) is 6.21. The molecule has 1 saturated carbocycles. The Morgan fingerprint density at radius 1 is 1.34 bits per heavy atom. The number of ether oxygens (including phenoxy) is 3. The van der Waals surface area contributed by atoms with Crippen molar-refractivity contribution in [3.63, 3.8) is 0 Å². The highest BCUT2D eigenvalue weighted by Crippen LogP contribution is 2.39. The smallest absolute Gasteiger partial charge is 0.313 e. The van der Waals surface area contributed by atoms with Gasteiger partial charge in [-0.3, -0.25) is 14.6 Å². The molecule has 2 atom stereocenters. The number of β-lactam (4-membered cyclic amide) rings is 1. The number of hydrogen-bond acceptors (Lipinski definition) is 7. The molecular formula is C23H34N2O6S. The van der Waals surface area contributed by atoms with E-state index in [1.54, 1.807) is 4.90 Å². The topological polar surface area (TPSA) is 98.2 Å². The number of carboxylic acid groups (broad SMARTS) is 1. The molecule has 0 bridgehead atoms. The molecule has 1 aliphatic heterocycles. The van der Waals surface area contributed by atoms with E-state index in [1.165, 1.54) is 50.8 Å². The van der Waals surface area contributed by atoms with Crippen LogP contribution in [0.3, 0.4) is 0 Å². The summed E-state index contributed by atoms with van der Waals surface area (Å²) in [5.74, 6) is 0.213. The van der Waals surface area contributed by atoms with E-state index in [9.17, 15) is 9.59 Å². The van der Waals surface area contributed by atoms with Crippen LogP contribution in [-0.4, -0.2) is 77.8 Å². The summed E-state index contributed by atoms with van der Waals surface area (Å²) in [5.41, 5.74) is 2.07. The van der Waals surface area contributed by atoms with Gasteiger partial charge in [0, 0.05) is 38.3 Å². The molecule has 2 fully saturated rings. The number of nitrogens with zero attached hydrogens (tertiary/aromatic N) is 2. The van der Waals surface area contributed by atoms with Gasteiger partial charge in [-0.05, 0) is 42.9 Å². The predicted octanol–water partition coefficient (Wildman–Crippen LogP) is 2.66. The third-order valence-corrected chi connectivity index (χ3v) is 7.21. The van der Waals surface area contributed by atoms with Gasteiger partial charge in [0.1, 0.15) is 13.5 Å². The van der Waals surface area contributed by atoms with Crippen LogP contribution in [0.15, 0.2) is 12.3 Å². The van der Waals surface area contributed by atoms with Gasteiger partial charge in [0.15, 0.2) is 5.60 Å². The molecule has 1 aromatic rings. The number of pyridine rings is 1. The van der Waals surface area contributed by atoms with Crippen LogP contribution in [0.4, 0.5) is 0 Å². The molecule has 1 N–H and O–H groups in total. The van der Waals surface area contributed by atoms with E-state index in [2.05, 4.69) is 18.0 Å². The summed E-state index contributed by atoms with van der Waals surface area (Å²) in [7, 11) is 3.04. The predicted molar refractivity (Wildman–Crippen MR) is 122 cm³/mol. The van der Waals surface area contributed by atoms with Gasteiger partial charge in [-0.15, -0.1) is 11.8 Å². The van der Waals surface area contributed by atoms with Gasteiger partial charge < -0.3 is 24.2 Å². The summed E-state index contributed by atoms with van der Waals surface area (Å²) >= 11 is 1.26. The zero-order valence-corrected chi connectivity index (χ0v) is 20.0. The zero-order valence-electron chi connectivity index (χ0n) is 19.2. The zero-order chi connectivity index (χ0) is 23.1. The number of aliphatic carboxylic acids is 1. The minimum Gasteiger partial charge on any atom is -0.481 e. The second kappa shape index (κ2) is 11.4. The van der Waals surface area contributed by atoms with E-state index < -0.39 is 11.6 Å². The van der Waals surface area contributed by atoms with Crippen LogP contribution < -0.4 is 0 Å². The fourth-order valence-electron chi connectivity index (χ4n) is 4.29. The number of carboxylic acids is 1. The first-order valence-electron chi connectivity index (χ1n) is 11.1. The molecule has 0 unspecified atom stereocenters. The van der Waals surface area contributed by atoms with Gasteiger partial charge in [0.2, 0.25) is 0 Å². The number of aromatic nitrogens is 1. The first-order chi connectivity index (χ1) is 15.4. The molecule has 2 aliphatic rings.